The fraction of sp³-hybridized carbons (Fsp3) is 0.588. The van der Waals surface area contributed by atoms with E-state index in [1.807, 2.05) is 13.0 Å². The first-order chi connectivity index (χ1) is 9.81. The standard InChI is InChI=1S/C17H27FN2O/c1-12(2)10-16(17(21)20(4)5)19-13(3)11-14-8-6-7-9-15(14)18/h6-9,12-13,16,19H,10-11H2,1-5H3. The molecule has 0 heterocycles. The largest absolute Gasteiger partial charge is 0.347 e. The minimum absolute atomic E-state index is 0.0366. The monoisotopic (exact) mass is 294 g/mol. The maximum Gasteiger partial charge on any atom is 0.239 e. The number of hydrogen-bond donors (Lipinski definition) is 1. The van der Waals surface area contributed by atoms with Crippen molar-refractivity contribution in [1.82, 2.24) is 10.2 Å². The van der Waals surface area contributed by atoms with Crippen LogP contribution in [0.25, 0.3) is 0 Å². The molecule has 2 atom stereocenters. The van der Waals surface area contributed by atoms with Crippen LogP contribution in [0.2, 0.25) is 0 Å². The molecule has 0 spiro atoms. The van der Waals surface area contributed by atoms with E-state index >= 15 is 0 Å². The molecule has 0 aromatic heterocycles. The molecule has 0 fully saturated rings. The second-order valence-electron chi connectivity index (χ2n) is 6.28. The number of hydrogen-bond acceptors (Lipinski definition) is 2. The molecule has 4 heteroatoms. The topological polar surface area (TPSA) is 32.3 Å². The van der Waals surface area contributed by atoms with Gasteiger partial charge >= 0.3 is 0 Å². The molecule has 0 bridgehead atoms. The Balaban J connectivity index is 2.69. The fourth-order valence-corrected chi connectivity index (χ4v) is 2.42. The van der Waals surface area contributed by atoms with Crippen molar-refractivity contribution in [1.29, 1.82) is 0 Å². The maximum atomic E-state index is 13.7. The summed E-state index contributed by atoms with van der Waals surface area (Å²) >= 11 is 0. The lowest BCUT2D eigenvalue weighted by atomic mass is 10.00. The van der Waals surface area contributed by atoms with Crippen molar-refractivity contribution in [2.24, 2.45) is 5.92 Å². The summed E-state index contributed by atoms with van der Waals surface area (Å²) in [5.41, 5.74) is 0.679. The molecule has 0 aliphatic rings. The van der Waals surface area contributed by atoms with Gasteiger partial charge in [0.25, 0.3) is 0 Å². The van der Waals surface area contributed by atoms with E-state index in [0.717, 1.165) is 6.42 Å². The Morgan fingerprint density at radius 2 is 1.86 bits per heavy atom. The van der Waals surface area contributed by atoms with Crippen molar-refractivity contribution in [3.05, 3.63) is 35.6 Å². The van der Waals surface area contributed by atoms with E-state index in [1.165, 1.54) is 6.07 Å². The van der Waals surface area contributed by atoms with Gasteiger partial charge in [0, 0.05) is 20.1 Å². The molecule has 1 rings (SSSR count). The summed E-state index contributed by atoms with van der Waals surface area (Å²) in [6.07, 6.45) is 1.35. The Kier molecular flexibility index (Phi) is 6.82. The number of halogens is 1. The number of rotatable bonds is 7. The quantitative estimate of drug-likeness (QED) is 0.838. The number of benzene rings is 1. The molecule has 0 saturated carbocycles. The molecule has 118 valence electrons. The molecule has 1 amide bonds. The molecule has 21 heavy (non-hydrogen) atoms. The lowest BCUT2D eigenvalue weighted by Gasteiger charge is -2.26. The van der Waals surface area contributed by atoms with Crippen LogP contribution in [0.3, 0.4) is 0 Å². The first-order valence-electron chi connectivity index (χ1n) is 7.51. The molecule has 1 N–H and O–H groups in total. The molecule has 1 aromatic rings. The van der Waals surface area contributed by atoms with Crippen molar-refractivity contribution in [2.45, 2.75) is 45.7 Å². The van der Waals surface area contributed by atoms with E-state index in [4.69, 9.17) is 0 Å². The Bertz CT molecular complexity index is 460. The van der Waals surface area contributed by atoms with Gasteiger partial charge in [0.05, 0.1) is 6.04 Å². The Hall–Kier alpha value is -1.42. The van der Waals surface area contributed by atoms with Crippen LogP contribution in [-0.4, -0.2) is 37.0 Å². The third-order valence-electron chi connectivity index (χ3n) is 3.42. The van der Waals surface area contributed by atoms with Gasteiger partial charge in [-0.1, -0.05) is 32.0 Å². The fourth-order valence-electron chi connectivity index (χ4n) is 2.42. The van der Waals surface area contributed by atoms with Gasteiger partial charge in [-0.3, -0.25) is 4.79 Å². The van der Waals surface area contributed by atoms with Crippen molar-refractivity contribution >= 4 is 5.91 Å². The first kappa shape index (κ1) is 17.6. The zero-order chi connectivity index (χ0) is 16.0. The van der Waals surface area contributed by atoms with Crippen LogP contribution in [0.15, 0.2) is 24.3 Å². The SMILES string of the molecule is CC(C)CC(NC(C)Cc1ccccc1F)C(=O)N(C)C. The van der Waals surface area contributed by atoms with Gasteiger partial charge in [-0.2, -0.15) is 0 Å². The van der Waals surface area contributed by atoms with Crippen LogP contribution < -0.4 is 5.32 Å². The predicted octanol–water partition coefficient (Wildman–Crippen LogP) is 2.85. The number of carbonyl (C=O) groups excluding carboxylic acids is 1. The summed E-state index contributed by atoms with van der Waals surface area (Å²) in [4.78, 5) is 13.8. The highest BCUT2D eigenvalue weighted by Crippen LogP contribution is 2.12. The minimum atomic E-state index is -0.221. The zero-order valence-electron chi connectivity index (χ0n) is 13.7. The number of nitrogens with one attached hydrogen (secondary N) is 1. The lowest BCUT2D eigenvalue weighted by molar-refractivity contribution is -0.131. The third kappa shape index (κ3) is 5.84. The van der Waals surface area contributed by atoms with Crippen LogP contribution in [0, 0.1) is 11.7 Å². The highest BCUT2D eigenvalue weighted by Gasteiger charge is 2.23. The van der Waals surface area contributed by atoms with E-state index in [2.05, 4.69) is 19.2 Å². The summed E-state index contributed by atoms with van der Waals surface area (Å²) in [6.45, 7) is 6.18. The van der Waals surface area contributed by atoms with E-state index < -0.39 is 0 Å². The summed E-state index contributed by atoms with van der Waals surface area (Å²) in [6, 6.07) is 6.60. The second-order valence-corrected chi connectivity index (χ2v) is 6.28. The Labute approximate surface area is 127 Å². The van der Waals surface area contributed by atoms with Crippen molar-refractivity contribution in [3.63, 3.8) is 0 Å². The van der Waals surface area contributed by atoms with Gasteiger partial charge in [0.2, 0.25) is 5.91 Å². The highest BCUT2D eigenvalue weighted by molar-refractivity contribution is 5.81. The van der Waals surface area contributed by atoms with Crippen molar-refractivity contribution < 1.29 is 9.18 Å². The lowest BCUT2D eigenvalue weighted by Crippen LogP contribution is -2.48. The van der Waals surface area contributed by atoms with E-state index in [0.29, 0.717) is 17.9 Å². The molecule has 1 aromatic carbocycles. The van der Waals surface area contributed by atoms with Crippen molar-refractivity contribution in [3.8, 4) is 0 Å². The molecule has 3 nitrogen and oxygen atoms in total. The summed E-state index contributed by atoms with van der Waals surface area (Å²) in [7, 11) is 3.53. The molecule has 2 unspecified atom stereocenters. The smallest absolute Gasteiger partial charge is 0.239 e. The van der Waals surface area contributed by atoms with Gasteiger partial charge in [-0.15, -0.1) is 0 Å². The number of likely N-dealkylation sites (N-methyl/N-ethyl adjacent to an activating group) is 1. The van der Waals surface area contributed by atoms with Gasteiger partial charge in [0.1, 0.15) is 5.82 Å². The van der Waals surface area contributed by atoms with Gasteiger partial charge in [-0.25, -0.2) is 4.39 Å². The molecule has 0 radical (unpaired) electrons. The summed E-state index contributed by atoms with van der Waals surface area (Å²) < 4.78 is 13.7. The second kappa shape index (κ2) is 8.13. The van der Waals surface area contributed by atoms with Crippen molar-refractivity contribution in [2.75, 3.05) is 14.1 Å². The number of carbonyl (C=O) groups is 1. The minimum Gasteiger partial charge on any atom is -0.347 e. The predicted molar refractivity (Wildman–Crippen MR) is 84.6 cm³/mol. The molecule has 0 aliphatic carbocycles. The molecular formula is C17H27FN2O. The third-order valence-corrected chi connectivity index (χ3v) is 3.42. The summed E-state index contributed by atoms with van der Waals surface area (Å²) in [5.74, 6) is 0.307. The molecule has 0 aliphatic heterocycles. The highest BCUT2D eigenvalue weighted by atomic mass is 19.1. The normalized spacial score (nSPS) is 14.0. The van der Waals surface area contributed by atoms with Crippen LogP contribution in [0.4, 0.5) is 4.39 Å². The van der Waals surface area contributed by atoms with Gasteiger partial charge < -0.3 is 10.2 Å². The maximum absolute atomic E-state index is 13.7. The van der Waals surface area contributed by atoms with E-state index in [9.17, 15) is 9.18 Å². The van der Waals surface area contributed by atoms with Crippen LogP contribution in [0.5, 0.6) is 0 Å². The Morgan fingerprint density at radius 3 is 2.38 bits per heavy atom. The van der Waals surface area contributed by atoms with Crippen LogP contribution >= 0.6 is 0 Å². The zero-order valence-corrected chi connectivity index (χ0v) is 13.7. The van der Waals surface area contributed by atoms with E-state index in [-0.39, 0.29) is 23.8 Å². The first-order valence-corrected chi connectivity index (χ1v) is 7.51. The number of amides is 1. The summed E-state index contributed by atoms with van der Waals surface area (Å²) in [5, 5.41) is 3.35. The molecule has 0 saturated heterocycles. The number of nitrogens with zero attached hydrogens (tertiary/aromatic N) is 1. The van der Waals surface area contributed by atoms with Crippen LogP contribution in [0.1, 0.15) is 32.8 Å². The van der Waals surface area contributed by atoms with Gasteiger partial charge in [0.15, 0.2) is 0 Å². The van der Waals surface area contributed by atoms with Gasteiger partial charge in [-0.05, 0) is 37.3 Å². The Morgan fingerprint density at radius 1 is 1.24 bits per heavy atom. The van der Waals surface area contributed by atoms with E-state index in [1.54, 1.807) is 31.1 Å². The molecular weight excluding hydrogens is 267 g/mol. The van der Waals surface area contributed by atoms with Crippen LogP contribution in [-0.2, 0) is 11.2 Å². The average molecular weight is 294 g/mol. The average Bonchev–Trinajstić information content (AvgIpc) is 2.39.